The lowest BCUT2D eigenvalue weighted by Gasteiger charge is -2.23. The molecule has 1 unspecified atom stereocenters. The van der Waals surface area contributed by atoms with Gasteiger partial charge in [-0.05, 0) is 29.8 Å². The third-order valence-corrected chi connectivity index (χ3v) is 5.33. The molecular formula is C14H19ClN2O2S. The fourth-order valence-electron chi connectivity index (χ4n) is 1.88. The molecule has 0 heterocycles. The van der Waals surface area contributed by atoms with E-state index in [0.717, 1.165) is 10.8 Å². The summed E-state index contributed by atoms with van der Waals surface area (Å²) < 4.78 is 26.2. The maximum absolute atomic E-state index is 12.4. The standard InChI is InChI=1S/C14H18N2O2S.ClH/c1-11(10-15)16(2)19(17,18)14-8-7-12-5-3-4-6-13(12)9-14;/h3-9,11H,10,15H2,1-2H3;1H. The Hall–Kier alpha value is -1.14. The Bertz CT molecular complexity index is 688. The van der Waals surface area contributed by atoms with Crippen molar-refractivity contribution in [2.45, 2.75) is 17.9 Å². The van der Waals surface area contributed by atoms with Crippen LogP contribution in [0, 0.1) is 0 Å². The summed E-state index contributed by atoms with van der Waals surface area (Å²) in [4.78, 5) is 0.300. The van der Waals surface area contributed by atoms with Crippen molar-refractivity contribution >= 4 is 33.2 Å². The van der Waals surface area contributed by atoms with E-state index in [4.69, 9.17) is 5.73 Å². The molecule has 6 heteroatoms. The zero-order chi connectivity index (χ0) is 14.0. The Morgan fingerprint density at radius 1 is 1.15 bits per heavy atom. The lowest BCUT2D eigenvalue weighted by Crippen LogP contribution is -2.39. The molecule has 2 N–H and O–H groups in total. The van der Waals surface area contributed by atoms with Crippen LogP contribution in [0.25, 0.3) is 10.8 Å². The number of rotatable bonds is 4. The van der Waals surface area contributed by atoms with Gasteiger partial charge >= 0.3 is 0 Å². The molecule has 0 amide bonds. The molecule has 0 fully saturated rings. The maximum atomic E-state index is 12.4. The minimum Gasteiger partial charge on any atom is -0.329 e. The molecule has 2 aromatic carbocycles. The second-order valence-corrected chi connectivity index (χ2v) is 6.61. The van der Waals surface area contributed by atoms with Gasteiger partial charge in [-0.15, -0.1) is 12.4 Å². The highest BCUT2D eigenvalue weighted by Gasteiger charge is 2.24. The number of likely N-dealkylation sites (N-methyl/N-ethyl adjacent to an activating group) is 1. The summed E-state index contributed by atoms with van der Waals surface area (Å²) in [6, 6.07) is 12.6. The number of benzene rings is 2. The molecule has 0 aliphatic rings. The van der Waals surface area contributed by atoms with Crippen molar-refractivity contribution in [1.29, 1.82) is 0 Å². The van der Waals surface area contributed by atoms with Crippen LogP contribution in [0.15, 0.2) is 47.4 Å². The molecule has 110 valence electrons. The zero-order valence-corrected chi connectivity index (χ0v) is 13.1. The van der Waals surface area contributed by atoms with Crippen LogP contribution in [-0.2, 0) is 10.0 Å². The molecule has 0 saturated heterocycles. The SMILES string of the molecule is CC(CN)N(C)S(=O)(=O)c1ccc2ccccc2c1.Cl. The first-order valence-electron chi connectivity index (χ1n) is 6.13. The molecule has 2 rings (SSSR count). The Kier molecular flexibility index (Phi) is 5.53. The highest BCUT2D eigenvalue weighted by atomic mass is 35.5. The van der Waals surface area contributed by atoms with Crippen LogP contribution >= 0.6 is 12.4 Å². The third kappa shape index (κ3) is 3.12. The van der Waals surface area contributed by atoms with Crippen molar-refractivity contribution < 1.29 is 8.42 Å². The van der Waals surface area contributed by atoms with Crippen LogP contribution in [0.3, 0.4) is 0 Å². The van der Waals surface area contributed by atoms with Gasteiger partial charge in [0.25, 0.3) is 0 Å². The molecule has 20 heavy (non-hydrogen) atoms. The van der Waals surface area contributed by atoms with E-state index >= 15 is 0 Å². The molecule has 0 saturated carbocycles. The number of halogens is 1. The first-order chi connectivity index (χ1) is 8.96. The van der Waals surface area contributed by atoms with Gasteiger partial charge in [0.1, 0.15) is 0 Å². The fourth-order valence-corrected chi connectivity index (χ4v) is 3.29. The fraction of sp³-hybridized carbons (Fsp3) is 0.286. The van der Waals surface area contributed by atoms with E-state index < -0.39 is 10.0 Å². The number of nitrogens with zero attached hydrogens (tertiary/aromatic N) is 1. The Morgan fingerprint density at radius 2 is 1.75 bits per heavy atom. The van der Waals surface area contributed by atoms with Crippen LogP contribution in [-0.4, -0.2) is 32.4 Å². The summed E-state index contributed by atoms with van der Waals surface area (Å²) in [6.45, 7) is 2.09. The van der Waals surface area contributed by atoms with E-state index in [0.29, 0.717) is 11.4 Å². The number of fused-ring (bicyclic) bond motifs is 1. The van der Waals surface area contributed by atoms with E-state index in [-0.39, 0.29) is 18.4 Å². The summed E-state index contributed by atoms with van der Waals surface area (Å²) in [5, 5.41) is 1.94. The second kappa shape index (κ2) is 6.54. The van der Waals surface area contributed by atoms with E-state index in [1.165, 1.54) is 4.31 Å². The Morgan fingerprint density at radius 3 is 2.35 bits per heavy atom. The summed E-state index contributed by atoms with van der Waals surface area (Å²) >= 11 is 0. The number of sulfonamides is 1. The molecule has 0 aromatic heterocycles. The second-order valence-electron chi connectivity index (χ2n) is 4.61. The summed E-state index contributed by atoms with van der Waals surface area (Å²) in [5.74, 6) is 0. The first-order valence-corrected chi connectivity index (χ1v) is 7.57. The number of hydrogen-bond donors (Lipinski definition) is 1. The molecule has 0 spiro atoms. The van der Waals surface area contributed by atoms with Crippen molar-refractivity contribution in [1.82, 2.24) is 4.31 Å². The summed E-state index contributed by atoms with van der Waals surface area (Å²) in [5.41, 5.74) is 5.53. The molecule has 2 aromatic rings. The van der Waals surface area contributed by atoms with Gasteiger partial charge in [-0.25, -0.2) is 8.42 Å². The van der Waals surface area contributed by atoms with Crippen molar-refractivity contribution in [2.75, 3.05) is 13.6 Å². The smallest absolute Gasteiger partial charge is 0.243 e. The molecule has 0 bridgehead atoms. The van der Waals surface area contributed by atoms with Crippen molar-refractivity contribution in [3.63, 3.8) is 0 Å². The van der Waals surface area contributed by atoms with Gasteiger partial charge in [0, 0.05) is 19.6 Å². The zero-order valence-electron chi connectivity index (χ0n) is 11.5. The highest BCUT2D eigenvalue weighted by Crippen LogP contribution is 2.22. The van der Waals surface area contributed by atoms with Crippen LogP contribution < -0.4 is 5.73 Å². The monoisotopic (exact) mass is 314 g/mol. The van der Waals surface area contributed by atoms with Crippen LogP contribution in [0.5, 0.6) is 0 Å². The lowest BCUT2D eigenvalue weighted by atomic mass is 10.1. The van der Waals surface area contributed by atoms with Crippen LogP contribution in [0.2, 0.25) is 0 Å². The maximum Gasteiger partial charge on any atom is 0.243 e. The average molecular weight is 315 g/mol. The quantitative estimate of drug-likeness (QED) is 0.941. The minimum atomic E-state index is -3.49. The summed E-state index contributed by atoms with van der Waals surface area (Å²) in [7, 11) is -1.93. The van der Waals surface area contributed by atoms with Gasteiger partial charge in [-0.2, -0.15) is 4.31 Å². The van der Waals surface area contributed by atoms with Crippen LogP contribution in [0.4, 0.5) is 0 Å². The van der Waals surface area contributed by atoms with Crippen molar-refractivity contribution in [3.05, 3.63) is 42.5 Å². The van der Waals surface area contributed by atoms with Crippen LogP contribution in [0.1, 0.15) is 6.92 Å². The Balaban J connectivity index is 0.00000200. The number of nitrogens with two attached hydrogens (primary N) is 1. The van der Waals surface area contributed by atoms with Gasteiger partial charge in [0.2, 0.25) is 10.0 Å². The van der Waals surface area contributed by atoms with E-state index in [9.17, 15) is 8.42 Å². The lowest BCUT2D eigenvalue weighted by molar-refractivity contribution is 0.394. The van der Waals surface area contributed by atoms with E-state index in [1.54, 1.807) is 26.1 Å². The van der Waals surface area contributed by atoms with E-state index in [1.807, 2.05) is 30.3 Å². The number of hydrogen-bond acceptors (Lipinski definition) is 3. The average Bonchev–Trinajstić information content (AvgIpc) is 2.45. The molecule has 0 radical (unpaired) electrons. The van der Waals surface area contributed by atoms with Crippen molar-refractivity contribution in [3.8, 4) is 0 Å². The predicted molar refractivity (Wildman–Crippen MR) is 84.7 cm³/mol. The molecule has 0 aliphatic carbocycles. The van der Waals surface area contributed by atoms with Gasteiger partial charge < -0.3 is 5.73 Å². The molecule has 1 atom stereocenters. The molecular weight excluding hydrogens is 296 g/mol. The van der Waals surface area contributed by atoms with Crippen molar-refractivity contribution in [2.24, 2.45) is 5.73 Å². The minimum absolute atomic E-state index is 0. The van der Waals surface area contributed by atoms with Gasteiger partial charge in [-0.1, -0.05) is 30.3 Å². The normalized spacial score (nSPS) is 13.2. The summed E-state index contributed by atoms with van der Waals surface area (Å²) in [6.07, 6.45) is 0. The van der Waals surface area contributed by atoms with E-state index in [2.05, 4.69) is 0 Å². The topological polar surface area (TPSA) is 63.4 Å². The van der Waals surface area contributed by atoms with Gasteiger partial charge in [-0.3, -0.25) is 0 Å². The van der Waals surface area contributed by atoms with Gasteiger partial charge in [0.05, 0.1) is 4.90 Å². The highest BCUT2D eigenvalue weighted by molar-refractivity contribution is 7.89. The largest absolute Gasteiger partial charge is 0.329 e. The Labute approximate surface area is 126 Å². The predicted octanol–water partition coefficient (Wildman–Crippen LogP) is 2.23. The third-order valence-electron chi connectivity index (χ3n) is 3.36. The first kappa shape index (κ1) is 16.9. The molecule has 0 aliphatic heterocycles. The van der Waals surface area contributed by atoms with Gasteiger partial charge in [0.15, 0.2) is 0 Å². The molecule has 4 nitrogen and oxygen atoms in total.